The number of amides is 1. The average molecular weight is 336 g/mol. The first-order valence-corrected chi connectivity index (χ1v) is 6.61. The molecule has 0 saturated carbocycles. The van der Waals surface area contributed by atoms with Crippen LogP contribution in [0.2, 0.25) is 0 Å². The van der Waals surface area contributed by atoms with Crippen molar-refractivity contribution in [3.05, 3.63) is 33.8 Å². The Morgan fingerprint density at radius 3 is 2.21 bits per heavy atom. The molecule has 0 radical (unpaired) electrons. The molecule has 1 amide bonds. The van der Waals surface area contributed by atoms with Crippen molar-refractivity contribution in [3.8, 4) is 0 Å². The summed E-state index contributed by atoms with van der Waals surface area (Å²) >= 11 is 2.95. The zero-order valence-electron chi connectivity index (χ0n) is 11.0. The summed E-state index contributed by atoms with van der Waals surface area (Å²) in [7, 11) is 0. The highest BCUT2D eigenvalue weighted by Gasteiger charge is 2.26. The second-order valence-corrected chi connectivity index (χ2v) is 5.79. The third-order valence-electron chi connectivity index (χ3n) is 2.47. The number of hydrogen-bond donors (Lipinski definition) is 1. The largest absolute Gasteiger partial charge is 0.389 e. The maximum atomic E-state index is 13.7. The number of rotatable bonds is 4. The lowest BCUT2D eigenvalue weighted by Gasteiger charge is -2.28. The van der Waals surface area contributed by atoms with Crippen molar-refractivity contribution < 1.29 is 18.7 Å². The molecule has 0 aromatic heterocycles. The molecule has 19 heavy (non-hydrogen) atoms. The molecule has 3 nitrogen and oxygen atoms in total. The molecule has 0 bridgehead atoms. The van der Waals surface area contributed by atoms with Crippen LogP contribution in [-0.4, -0.2) is 34.6 Å². The minimum Gasteiger partial charge on any atom is -0.389 e. The van der Waals surface area contributed by atoms with Gasteiger partial charge in [0.15, 0.2) is 0 Å². The summed E-state index contributed by atoms with van der Waals surface area (Å²) in [5.74, 6) is -2.62. The van der Waals surface area contributed by atoms with Gasteiger partial charge in [-0.25, -0.2) is 8.78 Å². The molecular formula is C13H16BrF2NO2. The van der Waals surface area contributed by atoms with Gasteiger partial charge in [-0.15, -0.1) is 0 Å². The molecule has 0 heterocycles. The predicted octanol–water partition coefficient (Wildman–Crippen LogP) is 2.96. The van der Waals surface area contributed by atoms with E-state index < -0.39 is 28.7 Å². The van der Waals surface area contributed by atoms with E-state index in [2.05, 4.69) is 15.9 Å². The van der Waals surface area contributed by atoms with Gasteiger partial charge in [-0.3, -0.25) is 4.79 Å². The smallest absolute Gasteiger partial charge is 0.259 e. The lowest BCUT2D eigenvalue weighted by atomic mass is 10.1. The Bertz CT molecular complexity index is 463. The number of carbonyl (C=O) groups is 1. The van der Waals surface area contributed by atoms with Gasteiger partial charge < -0.3 is 10.0 Å². The summed E-state index contributed by atoms with van der Waals surface area (Å²) in [5, 5.41) is 9.71. The molecule has 0 fully saturated rings. The molecule has 0 aliphatic rings. The zero-order chi connectivity index (χ0) is 14.8. The maximum Gasteiger partial charge on any atom is 0.259 e. The monoisotopic (exact) mass is 335 g/mol. The topological polar surface area (TPSA) is 40.5 Å². The van der Waals surface area contributed by atoms with Gasteiger partial charge >= 0.3 is 0 Å². The van der Waals surface area contributed by atoms with Gasteiger partial charge in [-0.05, 0) is 32.9 Å². The van der Waals surface area contributed by atoms with Crippen LogP contribution in [0.25, 0.3) is 0 Å². The lowest BCUT2D eigenvalue weighted by Crippen LogP contribution is -2.42. The second-order valence-electron chi connectivity index (χ2n) is 4.88. The summed E-state index contributed by atoms with van der Waals surface area (Å²) in [5.41, 5.74) is -1.73. The number of aliphatic hydroxyl groups is 1. The Labute approximate surface area is 119 Å². The Morgan fingerprint density at radius 1 is 1.37 bits per heavy atom. The Hall–Kier alpha value is -1.01. The Balaban J connectivity index is 3.11. The number of hydrogen-bond acceptors (Lipinski definition) is 2. The van der Waals surface area contributed by atoms with Crippen LogP contribution < -0.4 is 0 Å². The summed E-state index contributed by atoms with van der Waals surface area (Å²) in [6.45, 7) is 4.97. The van der Waals surface area contributed by atoms with Crippen molar-refractivity contribution in [3.63, 3.8) is 0 Å². The molecule has 0 spiro atoms. The van der Waals surface area contributed by atoms with Gasteiger partial charge in [0, 0.05) is 17.6 Å². The van der Waals surface area contributed by atoms with Gasteiger partial charge in [-0.2, -0.15) is 0 Å². The van der Waals surface area contributed by atoms with Crippen molar-refractivity contribution in [2.45, 2.75) is 26.4 Å². The number of nitrogens with zero attached hydrogens (tertiary/aromatic N) is 1. The Kier molecular flexibility index (Phi) is 5.04. The molecular weight excluding hydrogens is 320 g/mol. The lowest BCUT2D eigenvalue weighted by molar-refractivity contribution is 0.0309. The van der Waals surface area contributed by atoms with Crippen molar-refractivity contribution in [1.82, 2.24) is 4.90 Å². The SMILES string of the molecule is CCN(CC(C)(C)O)C(=O)c1c(F)cc(Br)cc1F. The fourth-order valence-corrected chi connectivity index (χ4v) is 2.10. The molecule has 0 saturated heterocycles. The van der Waals surface area contributed by atoms with E-state index >= 15 is 0 Å². The molecule has 0 unspecified atom stereocenters. The molecule has 0 atom stereocenters. The van der Waals surface area contributed by atoms with Crippen LogP contribution in [-0.2, 0) is 0 Å². The first-order chi connectivity index (χ1) is 8.65. The number of halogens is 3. The van der Waals surface area contributed by atoms with Crippen LogP contribution in [0.3, 0.4) is 0 Å². The summed E-state index contributed by atoms with van der Waals surface area (Å²) in [6, 6.07) is 2.07. The van der Waals surface area contributed by atoms with E-state index in [9.17, 15) is 18.7 Å². The number of carbonyl (C=O) groups excluding carboxylic acids is 1. The van der Waals surface area contributed by atoms with Gasteiger partial charge in [-0.1, -0.05) is 15.9 Å². The average Bonchev–Trinajstić information content (AvgIpc) is 2.22. The predicted molar refractivity (Wildman–Crippen MR) is 71.9 cm³/mol. The van der Waals surface area contributed by atoms with E-state index in [1.54, 1.807) is 6.92 Å². The Morgan fingerprint density at radius 2 is 1.84 bits per heavy atom. The van der Waals surface area contributed by atoms with Crippen LogP contribution in [0.1, 0.15) is 31.1 Å². The first-order valence-electron chi connectivity index (χ1n) is 5.82. The molecule has 0 aliphatic carbocycles. The fraction of sp³-hybridized carbons (Fsp3) is 0.462. The first kappa shape index (κ1) is 16.0. The highest BCUT2D eigenvalue weighted by Crippen LogP contribution is 2.21. The van der Waals surface area contributed by atoms with E-state index in [-0.39, 0.29) is 17.6 Å². The van der Waals surface area contributed by atoms with Crippen LogP contribution in [0.5, 0.6) is 0 Å². The van der Waals surface area contributed by atoms with Gasteiger partial charge in [0.05, 0.1) is 5.60 Å². The standard InChI is InChI=1S/C13H16BrF2NO2/c1-4-17(7-13(2,3)19)12(18)11-9(15)5-8(14)6-10(11)16/h5-6,19H,4,7H2,1-3H3. The van der Waals surface area contributed by atoms with Crippen LogP contribution in [0.15, 0.2) is 16.6 Å². The molecule has 106 valence electrons. The summed E-state index contributed by atoms with van der Waals surface area (Å²) in [6.07, 6.45) is 0. The van der Waals surface area contributed by atoms with Gasteiger partial charge in [0.1, 0.15) is 17.2 Å². The quantitative estimate of drug-likeness (QED) is 0.918. The summed E-state index contributed by atoms with van der Waals surface area (Å²) in [4.78, 5) is 13.3. The third kappa shape index (κ3) is 4.24. The maximum absolute atomic E-state index is 13.7. The molecule has 6 heteroatoms. The molecule has 1 aromatic carbocycles. The zero-order valence-corrected chi connectivity index (χ0v) is 12.6. The van der Waals surface area contributed by atoms with Crippen LogP contribution in [0.4, 0.5) is 8.78 Å². The molecule has 1 aromatic rings. The minimum atomic E-state index is -1.13. The van der Waals surface area contributed by atoms with Crippen molar-refractivity contribution in [2.75, 3.05) is 13.1 Å². The van der Waals surface area contributed by atoms with Crippen molar-refractivity contribution in [1.29, 1.82) is 0 Å². The van der Waals surface area contributed by atoms with Crippen LogP contribution >= 0.6 is 15.9 Å². The van der Waals surface area contributed by atoms with E-state index in [0.717, 1.165) is 12.1 Å². The van der Waals surface area contributed by atoms with E-state index in [4.69, 9.17) is 0 Å². The minimum absolute atomic E-state index is 0.00270. The summed E-state index contributed by atoms with van der Waals surface area (Å²) < 4.78 is 27.6. The molecule has 1 rings (SSSR count). The molecule has 0 aliphatic heterocycles. The number of likely N-dealkylation sites (N-methyl/N-ethyl adjacent to an activating group) is 1. The van der Waals surface area contributed by atoms with Gasteiger partial charge in [0.25, 0.3) is 5.91 Å². The second kappa shape index (κ2) is 5.96. The number of benzene rings is 1. The normalized spacial score (nSPS) is 11.5. The third-order valence-corrected chi connectivity index (χ3v) is 2.93. The van der Waals surface area contributed by atoms with Crippen LogP contribution in [0, 0.1) is 11.6 Å². The van der Waals surface area contributed by atoms with E-state index in [1.807, 2.05) is 0 Å². The fourth-order valence-electron chi connectivity index (χ4n) is 1.70. The molecule has 1 N–H and O–H groups in total. The highest BCUT2D eigenvalue weighted by atomic mass is 79.9. The van der Waals surface area contributed by atoms with E-state index in [1.165, 1.54) is 18.7 Å². The van der Waals surface area contributed by atoms with Crippen molar-refractivity contribution in [2.24, 2.45) is 0 Å². The van der Waals surface area contributed by atoms with Crippen molar-refractivity contribution >= 4 is 21.8 Å². The van der Waals surface area contributed by atoms with E-state index in [0.29, 0.717) is 0 Å². The highest BCUT2D eigenvalue weighted by molar-refractivity contribution is 9.10. The van der Waals surface area contributed by atoms with Gasteiger partial charge in [0.2, 0.25) is 0 Å².